The Morgan fingerprint density at radius 3 is 1.81 bits per heavy atom. The van der Waals surface area contributed by atoms with E-state index in [4.69, 9.17) is 16.3 Å². The monoisotopic (exact) mass is 582 g/mol. The molecule has 0 aliphatic carbocycles. The molecule has 5 rings (SSSR count). The summed E-state index contributed by atoms with van der Waals surface area (Å²) in [5, 5.41) is 16.9. The van der Waals surface area contributed by atoms with E-state index in [0.29, 0.717) is 28.2 Å². The van der Waals surface area contributed by atoms with Gasteiger partial charge in [-0.1, -0.05) is 86.1 Å². The summed E-state index contributed by atoms with van der Waals surface area (Å²) in [6, 6.07) is 26.1. The van der Waals surface area contributed by atoms with Gasteiger partial charge in [-0.15, -0.1) is 0 Å². The average Bonchev–Trinajstić information content (AvgIpc) is 3.04. The van der Waals surface area contributed by atoms with Crippen LogP contribution in [0.15, 0.2) is 104 Å². The molecule has 0 fully saturated rings. The van der Waals surface area contributed by atoms with E-state index in [0.717, 1.165) is 18.4 Å². The molecular weight excluding hydrogens is 548 g/mol. The molecule has 2 atom stereocenters. The van der Waals surface area contributed by atoms with Crippen molar-refractivity contribution in [2.24, 2.45) is 0 Å². The van der Waals surface area contributed by atoms with Crippen LogP contribution in [-0.4, -0.2) is 32.2 Å². The van der Waals surface area contributed by atoms with E-state index in [2.05, 4.69) is 68.7 Å². The Morgan fingerprint density at radius 1 is 0.738 bits per heavy atom. The second kappa shape index (κ2) is 15.3. The van der Waals surface area contributed by atoms with Gasteiger partial charge in [0.25, 0.3) is 0 Å². The Kier molecular flexibility index (Phi) is 11.1. The number of rotatable bonds is 10. The highest BCUT2D eigenvalue weighted by molar-refractivity contribution is 6.29. The number of hydrogen-bond acceptors (Lipinski definition) is 8. The molecule has 0 saturated carbocycles. The Bertz CT molecular complexity index is 1540. The summed E-state index contributed by atoms with van der Waals surface area (Å²) in [6.45, 7) is 4.26. The minimum atomic E-state index is 0.101. The highest BCUT2D eigenvalue weighted by atomic mass is 35.5. The number of phenolic OH excluding ortho intramolecular Hbond substituents is 1. The highest BCUT2D eigenvalue weighted by Crippen LogP contribution is 2.31. The van der Waals surface area contributed by atoms with Crippen LogP contribution in [0.5, 0.6) is 11.5 Å². The number of hydrogen-bond donors (Lipinski definition) is 3. The summed E-state index contributed by atoms with van der Waals surface area (Å²) in [6.07, 6.45) is 8.52. The van der Waals surface area contributed by atoms with Gasteiger partial charge in [0.15, 0.2) is 11.5 Å². The van der Waals surface area contributed by atoms with E-state index in [-0.39, 0.29) is 17.8 Å². The standard InChI is InChI=1S/C20H21N3O2.C13H14ClN3/c1-3-16(14-7-5-4-6-8-14)22-20-13-21-12-17(23-20)15-9-10-18(24)19(11-15)25-2;1-2-11(10-6-4-3-5-7-10)16-13-9-15-8-12(14)17-13/h4-13,16,24H,3H2,1-2H3,(H,22,23);3-9,11H,2H2,1H3,(H,16,17)/t16-;11-/m00/s1. The maximum atomic E-state index is 9.74. The summed E-state index contributed by atoms with van der Waals surface area (Å²) < 4.78 is 5.16. The first-order chi connectivity index (χ1) is 20.5. The fraction of sp³-hybridized carbons (Fsp3) is 0.212. The fourth-order valence-electron chi connectivity index (χ4n) is 4.39. The molecule has 216 valence electrons. The van der Waals surface area contributed by atoms with E-state index < -0.39 is 0 Å². The number of phenols is 1. The molecule has 0 unspecified atom stereocenters. The van der Waals surface area contributed by atoms with Gasteiger partial charge in [-0.3, -0.25) is 9.97 Å². The van der Waals surface area contributed by atoms with E-state index in [1.807, 2.05) is 36.4 Å². The summed E-state index contributed by atoms with van der Waals surface area (Å²) in [5.74, 6) is 1.92. The second-order valence-corrected chi connectivity index (χ2v) is 9.82. The largest absolute Gasteiger partial charge is 0.504 e. The normalized spacial score (nSPS) is 11.9. The minimum absolute atomic E-state index is 0.101. The molecule has 3 aromatic carbocycles. The molecule has 0 aliphatic heterocycles. The van der Waals surface area contributed by atoms with E-state index in [9.17, 15) is 5.11 Å². The van der Waals surface area contributed by atoms with Crippen molar-refractivity contribution in [2.75, 3.05) is 17.7 Å². The van der Waals surface area contributed by atoms with Crippen LogP contribution in [-0.2, 0) is 0 Å². The molecule has 2 heterocycles. The molecule has 0 bridgehead atoms. The fourth-order valence-corrected chi connectivity index (χ4v) is 4.54. The Hall–Kier alpha value is -4.69. The number of nitrogens with zero attached hydrogens (tertiary/aromatic N) is 4. The van der Waals surface area contributed by atoms with Crippen LogP contribution in [0, 0.1) is 0 Å². The SMILES string of the molecule is CC[C@H](Nc1cncc(-c2ccc(O)c(OC)c2)n1)c1ccccc1.CC[C@H](Nc1cncc(Cl)n1)c1ccccc1. The zero-order valence-corrected chi connectivity index (χ0v) is 24.7. The van der Waals surface area contributed by atoms with Crippen molar-refractivity contribution in [2.45, 2.75) is 38.8 Å². The molecule has 2 aromatic heterocycles. The first-order valence-corrected chi connectivity index (χ1v) is 14.2. The third kappa shape index (κ3) is 8.41. The molecule has 0 radical (unpaired) electrons. The topological polar surface area (TPSA) is 105 Å². The Morgan fingerprint density at radius 2 is 1.29 bits per heavy atom. The zero-order chi connectivity index (χ0) is 29.7. The molecule has 0 saturated heterocycles. The molecule has 3 N–H and O–H groups in total. The van der Waals surface area contributed by atoms with Crippen molar-refractivity contribution in [1.82, 2.24) is 19.9 Å². The van der Waals surface area contributed by atoms with Crippen LogP contribution < -0.4 is 15.4 Å². The third-order valence-electron chi connectivity index (χ3n) is 6.58. The lowest BCUT2D eigenvalue weighted by Gasteiger charge is -2.18. The molecule has 42 heavy (non-hydrogen) atoms. The zero-order valence-electron chi connectivity index (χ0n) is 23.9. The van der Waals surface area contributed by atoms with E-state index in [1.165, 1.54) is 24.4 Å². The Labute approximate surface area is 251 Å². The number of methoxy groups -OCH3 is 1. The van der Waals surface area contributed by atoms with Gasteiger partial charge in [0, 0.05) is 5.56 Å². The smallest absolute Gasteiger partial charge is 0.161 e. The van der Waals surface area contributed by atoms with Gasteiger partial charge >= 0.3 is 0 Å². The molecule has 0 spiro atoms. The number of aromatic nitrogens is 4. The Balaban J connectivity index is 0.000000208. The summed E-state index contributed by atoms with van der Waals surface area (Å²) >= 11 is 5.80. The number of ether oxygens (including phenoxy) is 1. The highest BCUT2D eigenvalue weighted by Gasteiger charge is 2.12. The van der Waals surface area contributed by atoms with Gasteiger partial charge in [0.05, 0.1) is 49.7 Å². The average molecular weight is 583 g/mol. The lowest BCUT2D eigenvalue weighted by Crippen LogP contribution is -2.11. The van der Waals surface area contributed by atoms with Crippen molar-refractivity contribution in [3.05, 3.63) is 120 Å². The predicted molar refractivity (Wildman–Crippen MR) is 169 cm³/mol. The predicted octanol–water partition coefficient (Wildman–Crippen LogP) is 8.11. The molecule has 8 nitrogen and oxygen atoms in total. The van der Waals surface area contributed by atoms with Gasteiger partial charge in [-0.05, 0) is 42.2 Å². The number of aromatic hydroxyl groups is 1. The van der Waals surface area contributed by atoms with Crippen molar-refractivity contribution in [1.29, 1.82) is 0 Å². The van der Waals surface area contributed by atoms with Crippen LogP contribution in [0.3, 0.4) is 0 Å². The van der Waals surface area contributed by atoms with Crippen molar-refractivity contribution < 1.29 is 9.84 Å². The van der Waals surface area contributed by atoms with Gasteiger partial charge in [-0.2, -0.15) is 0 Å². The molecule has 0 amide bonds. The minimum Gasteiger partial charge on any atom is -0.504 e. The van der Waals surface area contributed by atoms with Crippen LogP contribution in [0.1, 0.15) is 49.9 Å². The van der Waals surface area contributed by atoms with Crippen LogP contribution in [0.2, 0.25) is 5.15 Å². The molecular formula is C33H35ClN6O2. The molecule has 9 heteroatoms. The number of nitrogens with one attached hydrogen (secondary N) is 2. The maximum absolute atomic E-state index is 9.74. The van der Waals surface area contributed by atoms with E-state index >= 15 is 0 Å². The van der Waals surface area contributed by atoms with Crippen molar-refractivity contribution in [3.8, 4) is 22.8 Å². The lowest BCUT2D eigenvalue weighted by atomic mass is 10.0. The second-order valence-electron chi connectivity index (χ2n) is 9.43. The van der Waals surface area contributed by atoms with Gasteiger partial charge in [0.1, 0.15) is 16.8 Å². The van der Waals surface area contributed by atoms with E-state index in [1.54, 1.807) is 36.8 Å². The number of anilines is 2. The lowest BCUT2D eigenvalue weighted by molar-refractivity contribution is 0.373. The number of halogens is 1. The van der Waals surface area contributed by atoms with Gasteiger partial charge < -0.3 is 20.5 Å². The van der Waals surface area contributed by atoms with Gasteiger partial charge in [0.2, 0.25) is 0 Å². The number of benzene rings is 3. The van der Waals surface area contributed by atoms with Crippen LogP contribution in [0.25, 0.3) is 11.3 Å². The quantitative estimate of drug-likeness (QED) is 0.152. The summed E-state index contributed by atoms with van der Waals surface area (Å²) in [4.78, 5) is 17.1. The van der Waals surface area contributed by atoms with Crippen LogP contribution in [0.4, 0.5) is 11.6 Å². The van der Waals surface area contributed by atoms with Gasteiger partial charge in [-0.25, -0.2) is 9.97 Å². The molecule has 0 aliphatic rings. The van der Waals surface area contributed by atoms with Crippen molar-refractivity contribution >= 4 is 23.2 Å². The summed E-state index contributed by atoms with van der Waals surface area (Å²) in [7, 11) is 1.52. The maximum Gasteiger partial charge on any atom is 0.161 e. The van der Waals surface area contributed by atoms with Crippen LogP contribution >= 0.6 is 11.6 Å². The first-order valence-electron chi connectivity index (χ1n) is 13.8. The summed E-state index contributed by atoms with van der Waals surface area (Å²) in [5.41, 5.74) is 3.99. The third-order valence-corrected chi connectivity index (χ3v) is 6.76. The first kappa shape index (κ1) is 30.3. The van der Waals surface area contributed by atoms with Crippen molar-refractivity contribution in [3.63, 3.8) is 0 Å². The molecule has 5 aromatic rings.